The van der Waals surface area contributed by atoms with Gasteiger partial charge in [0.15, 0.2) is 0 Å². The molecule has 0 bridgehead atoms. The second-order valence-corrected chi connectivity index (χ2v) is 6.44. The van der Waals surface area contributed by atoms with Crippen molar-refractivity contribution < 1.29 is 22.7 Å². The minimum absolute atomic E-state index is 0.0496. The molecule has 1 N–H and O–H groups in total. The number of thiophene rings is 1. The standard InChI is InChI=1S/C16H15F3N2O2S/c17-16(18,19)23-13-4-1-3-12(8-13)21-10-11(20-9-15(21)22)7-14-5-2-6-24-14/h1-6,8,11,20H,7,9-10H2. The zero-order valence-corrected chi connectivity index (χ0v) is 13.4. The van der Waals surface area contributed by atoms with Gasteiger partial charge in [-0.3, -0.25) is 4.79 Å². The molecule has 0 saturated carbocycles. The Labute approximate surface area is 140 Å². The highest BCUT2D eigenvalue weighted by Crippen LogP contribution is 2.28. The number of halogens is 3. The molecule has 2 aromatic rings. The minimum Gasteiger partial charge on any atom is -0.406 e. The molecular weight excluding hydrogens is 341 g/mol. The Hall–Kier alpha value is -2.06. The average molecular weight is 356 g/mol. The summed E-state index contributed by atoms with van der Waals surface area (Å²) in [5.74, 6) is -0.511. The van der Waals surface area contributed by atoms with E-state index < -0.39 is 6.36 Å². The van der Waals surface area contributed by atoms with Crippen LogP contribution in [0.1, 0.15) is 4.88 Å². The summed E-state index contributed by atoms with van der Waals surface area (Å²) >= 11 is 1.63. The molecule has 1 aromatic carbocycles. The van der Waals surface area contributed by atoms with Gasteiger partial charge >= 0.3 is 6.36 Å². The molecule has 0 spiro atoms. The normalized spacial score (nSPS) is 18.7. The number of alkyl halides is 3. The lowest BCUT2D eigenvalue weighted by molar-refractivity contribution is -0.274. The summed E-state index contributed by atoms with van der Waals surface area (Å²) in [6.45, 7) is 0.548. The van der Waals surface area contributed by atoms with Crippen LogP contribution in [-0.4, -0.2) is 31.4 Å². The van der Waals surface area contributed by atoms with Gasteiger partial charge in [-0.05, 0) is 30.0 Å². The van der Waals surface area contributed by atoms with Gasteiger partial charge in [0, 0.05) is 29.2 Å². The maximum absolute atomic E-state index is 12.4. The number of carbonyl (C=O) groups is 1. The van der Waals surface area contributed by atoms with Crippen LogP contribution in [0, 0.1) is 0 Å². The summed E-state index contributed by atoms with van der Waals surface area (Å²) in [6, 6.07) is 9.53. The molecule has 1 amide bonds. The first-order valence-corrected chi connectivity index (χ1v) is 8.20. The van der Waals surface area contributed by atoms with Crippen molar-refractivity contribution in [3.8, 4) is 5.75 Å². The third kappa shape index (κ3) is 4.27. The van der Waals surface area contributed by atoms with Crippen molar-refractivity contribution in [2.45, 2.75) is 18.8 Å². The lowest BCUT2D eigenvalue weighted by Gasteiger charge is -2.33. The highest BCUT2D eigenvalue weighted by molar-refractivity contribution is 7.09. The van der Waals surface area contributed by atoms with Crippen LogP contribution in [0.25, 0.3) is 0 Å². The highest BCUT2D eigenvalue weighted by Gasteiger charge is 2.32. The zero-order chi connectivity index (χ0) is 17.2. The monoisotopic (exact) mass is 356 g/mol. The van der Waals surface area contributed by atoms with Crippen LogP contribution in [0.15, 0.2) is 41.8 Å². The maximum Gasteiger partial charge on any atom is 0.573 e. The molecule has 1 atom stereocenters. The van der Waals surface area contributed by atoms with E-state index in [1.807, 2.05) is 17.5 Å². The number of piperazine rings is 1. The van der Waals surface area contributed by atoms with Crippen molar-refractivity contribution in [3.63, 3.8) is 0 Å². The molecule has 128 valence electrons. The number of nitrogens with zero attached hydrogens (tertiary/aromatic N) is 1. The van der Waals surface area contributed by atoms with Gasteiger partial charge in [0.05, 0.1) is 6.54 Å². The topological polar surface area (TPSA) is 41.6 Å². The molecule has 4 nitrogen and oxygen atoms in total. The molecule has 1 saturated heterocycles. The zero-order valence-electron chi connectivity index (χ0n) is 12.5. The van der Waals surface area contributed by atoms with Crippen molar-refractivity contribution in [1.29, 1.82) is 0 Å². The Bertz CT molecular complexity index is 704. The largest absolute Gasteiger partial charge is 0.573 e. The smallest absolute Gasteiger partial charge is 0.406 e. The molecule has 3 rings (SSSR count). The van der Waals surface area contributed by atoms with Crippen molar-refractivity contribution in [2.24, 2.45) is 0 Å². The lowest BCUT2D eigenvalue weighted by Crippen LogP contribution is -2.55. The number of amides is 1. The van der Waals surface area contributed by atoms with Crippen LogP contribution < -0.4 is 15.0 Å². The summed E-state index contributed by atoms with van der Waals surface area (Å²) in [6.07, 6.45) is -3.99. The molecule has 8 heteroatoms. The lowest BCUT2D eigenvalue weighted by atomic mass is 10.1. The van der Waals surface area contributed by atoms with E-state index in [1.165, 1.54) is 28.0 Å². The minimum atomic E-state index is -4.76. The van der Waals surface area contributed by atoms with Crippen molar-refractivity contribution in [2.75, 3.05) is 18.0 Å². The van der Waals surface area contributed by atoms with E-state index in [9.17, 15) is 18.0 Å². The molecule has 1 fully saturated rings. The SMILES string of the molecule is O=C1CNC(Cc2cccs2)CN1c1cccc(OC(F)(F)F)c1. The molecule has 1 aliphatic heterocycles. The van der Waals surface area contributed by atoms with Crippen molar-refractivity contribution >= 4 is 22.9 Å². The van der Waals surface area contributed by atoms with E-state index in [4.69, 9.17) is 0 Å². The number of ether oxygens (including phenoxy) is 1. The Kier molecular flexibility index (Phi) is 4.77. The van der Waals surface area contributed by atoms with E-state index in [0.717, 1.165) is 6.42 Å². The molecular formula is C16H15F3N2O2S. The predicted molar refractivity (Wildman–Crippen MR) is 85.3 cm³/mol. The van der Waals surface area contributed by atoms with Crippen molar-refractivity contribution in [1.82, 2.24) is 5.32 Å². The second-order valence-electron chi connectivity index (χ2n) is 5.41. The van der Waals surface area contributed by atoms with Crippen LogP contribution in [0.2, 0.25) is 0 Å². The Morgan fingerprint density at radius 3 is 2.83 bits per heavy atom. The van der Waals surface area contributed by atoms with Gasteiger partial charge in [0.25, 0.3) is 0 Å². The molecule has 1 aliphatic rings. The number of benzene rings is 1. The van der Waals surface area contributed by atoms with Gasteiger partial charge in [0.1, 0.15) is 5.75 Å². The van der Waals surface area contributed by atoms with Gasteiger partial charge < -0.3 is 15.0 Å². The summed E-state index contributed by atoms with van der Waals surface area (Å²) in [7, 11) is 0. The predicted octanol–water partition coefficient (Wildman–Crippen LogP) is 3.19. The Morgan fingerprint density at radius 2 is 2.12 bits per heavy atom. The third-order valence-electron chi connectivity index (χ3n) is 3.64. The molecule has 0 radical (unpaired) electrons. The number of hydrogen-bond acceptors (Lipinski definition) is 4. The van der Waals surface area contributed by atoms with E-state index >= 15 is 0 Å². The number of rotatable bonds is 4. The fourth-order valence-electron chi connectivity index (χ4n) is 2.62. The first-order valence-electron chi connectivity index (χ1n) is 7.33. The molecule has 2 heterocycles. The van der Waals surface area contributed by atoms with Crippen LogP contribution >= 0.6 is 11.3 Å². The number of carbonyl (C=O) groups excluding carboxylic acids is 1. The van der Waals surface area contributed by atoms with Crippen LogP contribution in [0.5, 0.6) is 5.75 Å². The quantitative estimate of drug-likeness (QED) is 0.915. The number of hydrogen-bond donors (Lipinski definition) is 1. The fraction of sp³-hybridized carbons (Fsp3) is 0.312. The van der Waals surface area contributed by atoms with Crippen LogP contribution in [0.3, 0.4) is 0 Å². The summed E-state index contributed by atoms with van der Waals surface area (Å²) < 4.78 is 41.0. The number of nitrogens with one attached hydrogen (secondary N) is 1. The molecule has 1 aromatic heterocycles. The highest BCUT2D eigenvalue weighted by atomic mass is 32.1. The van der Waals surface area contributed by atoms with Gasteiger partial charge in [-0.15, -0.1) is 24.5 Å². The average Bonchev–Trinajstić information content (AvgIpc) is 3.01. The third-order valence-corrected chi connectivity index (χ3v) is 4.54. The summed E-state index contributed by atoms with van der Waals surface area (Å²) in [5.41, 5.74) is 0.402. The molecule has 1 unspecified atom stereocenters. The Morgan fingerprint density at radius 1 is 1.29 bits per heavy atom. The van der Waals surface area contributed by atoms with Gasteiger partial charge in [-0.25, -0.2) is 0 Å². The molecule has 0 aliphatic carbocycles. The van der Waals surface area contributed by atoms with Crippen LogP contribution in [0.4, 0.5) is 18.9 Å². The van der Waals surface area contributed by atoms with E-state index in [2.05, 4.69) is 10.1 Å². The van der Waals surface area contributed by atoms with Crippen molar-refractivity contribution in [3.05, 3.63) is 46.7 Å². The molecule has 24 heavy (non-hydrogen) atoms. The van der Waals surface area contributed by atoms with Gasteiger partial charge in [0.2, 0.25) is 5.91 Å². The first-order chi connectivity index (χ1) is 11.4. The van der Waals surface area contributed by atoms with E-state index in [1.54, 1.807) is 17.4 Å². The fourth-order valence-corrected chi connectivity index (χ4v) is 3.41. The van der Waals surface area contributed by atoms with Crippen LogP contribution in [-0.2, 0) is 11.2 Å². The second kappa shape index (κ2) is 6.82. The maximum atomic E-state index is 12.4. The summed E-state index contributed by atoms with van der Waals surface area (Å²) in [5, 5.41) is 5.15. The van der Waals surface area contributed by atoms with E-state index in [-0.39, 0.29) is 24.2 Å². The van der Waals surface area contributed by atoms with E-state index in [0.29, 0.717) is 12.2 Å². The van der Waals surface area contributed by atoms with Gasteiger partial charge in [-0.2, -0.15) is 0 Å². The number of anilines is 1. The summed E-state index contributed by atoms with van der Waals surface area (Å²) in [4.78, 5) is 14.8. The Balaban J connectivity index is 1.74. The first kappa shape index (κ1) is 16.8. The van der Waals surface area contributed by atoms with Gasteiger partial charge in [-0.1, -0.05) is 12.1 Å².